The number of hydrogen-bond acceptors (Lipinski definition) is 3. The fourth-order valence-corrected chi connectivity index (χ4v) is 2.57. The lowest BCUT2D eigenvalue weighted by Crippen LogP contribution is -2.30. The maximum atomic E-state index is 11.9. The molecular formula is C20H25NO3. The Labute approximate surface area is 143 Å². The van der Waals surface area contributed by atoms with Gasteiger partial charge in [0, 0.05) is 6.54 Å². The molecule has 4 nitrogen and oxygen atoms in total. The Kier molecular flexibility index (Phi) is 6.67. The van der Waals surface area contributed by atoms with Gasteiger partial charge in [-0.2, -0.15) is 0 Å². The van der Waals surface area contributed by atoms with Gasteiger partial charge in [-0.15, -0.1) is 0 Å². The fourth-order valence-electron chi connectivity index (χ4n) is 2.57. The van der Waals surface area contributed by atoms with E-state index in [0.717, 1.165) is 35.5 Å². The Morgan fingerprint density at radius 3 is 2.62 bits per heavy atom. The zero-order valence-corrected chi connectivity index (χ0v) is 14.6. The molecule has 0 saturated heterocycles. The van der Waals surface area contributed by atoms with E-state index in [0.29, 0.717) is 6.54 Å². The molecule has 0 aliphatic carbocycles. The number of methoxy groups -OCH3 is 1. The van der Waals surface area contributed by atoms with Gasteiger partial charge in [0.15, 0.2) is 6.61 Å². The molecule has 0 unspecified atom stereocenters. The van der Waals surface area contributed by atoms with E-state index in [1.165, 1.54) is 5.56 Å². The minimum Gasteiger partial charge on any atom is -0.496 e. The second-order valence-electron chi connectivity index (χ2n) is 5.82. The molecule has 2 aromatic carbocycles. The highest BCUT2D eigenvalue weighted by Gasteiger charge is 2.06. The summed E-state index contributed by atoms with van der Waals surface area (Å²) in [7, 11) is 1.67. The molecule has 1 amide bonds. The summed E-state index contributed by atoms with van der Waals surface area (Å²) in [6, 6.07) is 13.9. The molecule has 0 heterocycles. The molecule has 0 atom stereocenters. The number of ether oxygens (including phenoxy) is 2. The molecule has 0 aliphatic rings. The number of amides is 1. The van der Waals surface area contributed by atoms with Crippen LogP contribution >= 0.6 is 0 Å². The van der Waals surface area contributed by atoms with Crippen molar-refractivity contribution >= 4 is 5.91 Å². The van der Waals surface area contributed by atoms with Crippen molar-refractivity contribution in [2.24, 2.45) is 0 Å². The van der Waals surface area contributed by atoms with Crippen LogP contribution in [0, 0.1) is 13.8 Å². The highest BCUT2D eigenvalue weighted by Crippen LogP contribution is 2.19. The van der Waals surface area contributed by atoms with E-state index in [2.05, 4.69) is 5.32 Å². The van der Waals surface area contributed by atoms with Crippen LogP contribution in [-0.4, -0.2) is 26.2 Å². The Morgan fingerprint density at radius 1 is 1.08 bits per heavy atom. The monoisotopic (exact) mass is 327 g/mol. The number of aryl methyl sites for hydroxylation is 3. The first kappa shape index (κ1) is 17.9. The third-order valence-corrected chi connectivity index (χ3v) is 3.83. The first-order chi connectivity index (χ1) is 11.6. The van der Waals surface area contributed by atoms with Crippen LogP contribution < -0.4 is 14.8 Å². The Morgan fingerprint density at radius 2 is 1.88 bits per heavy atom. The van der Waals surface area contributed by atoms with E-state index < -0.39 is 0 Å². The van der Waals surface area contributed by atoms with Crippen molar-refractivity contribution in [3.8, 4) is 11.5 Å². The molecule has 2 aromatic rings. The maximum absolute atomic E-state index is 11.9. The van der Waals surface area contributed by atoms with Crippen molar-refractivity contribution in [1.29, 1.82) is 0 Å². The van der Waals surface area contributed by atoms with Crippen LogP contribution in [0.5, 0.6) is 11.5 Å². The molecule has 0 aliphatic heterocycles. The average Bonchev–Trinajstić information content (AvgIpc) is 2.58. The van der Waals surface area contributed by atoms with Gasteiger partial charge >= 0.3 is 0 Å². The molecule has 0 bridgehead atoms. The van der Waals surface area contributed by atoms with E-state index >= 15 is 0 Å². The van der Waals surface area contributed by atoms with Gasteiger partial charge in [-0.1, -0.05) is 35.9 Å². The smallest absolute Gasteiger partial charge is 0.257 e. The van der Waals surface area contributed by atoms with Crippen LogP contribution in [-0.2, 0) is 11.2 Å². The van der Waals surface area contributed by atoms with Crippen molar-refractivity contribution in [3.05, 3.63) is 59.2 Å². The van der Waals surface area contributed by atoms with Crippen LogP contribution in [0.2, 0.25) is 0 Å². The van der Waals surface area contributed by atoms with Gasteiger partial charge in [-0.25, -0.2) is 0 Å². The van der Waals surface area contributed by atoms with Crippen molar-refractivity contribution in [1.82, 2.24) is 5.32 Å². The van der Waals surface area contributed by atoms with E-state index in [4.69, 9.17) is 9.47 Å². The van der Waals surface area contributed by atoms with Gasteiger partial charge in [0.05, 0.1) is 7.11 Å². The SMILES string of the molecule is COc1ccccc1CCCNC(=O)COc1ccc(C)cc1C. The second kappa shape index (κ2) is 8.96. The van der Waals surface area contributed by atoms with Crippen molar-refractivity contribution in [3.63, 3.8) is 0 Å². The molecular weight excluding hydrogens is 302 g/mol. The third kappa shape index (κ3) is 5.30. The fraction of sp³-hybridized carbons (Fsp3) is 0.350. The van der Waals surface area contributed by atoms with Crippen LogP contribution in [0.3, 0.4) is 0 Å². The summed E-state index contributed by atoms with van der Waals surface area (Å²) in [5.74, 6) is 1.54. The highest BCUT2D eigenvalue weighted by molar-refractivity contribution is 5.77. The summed E-state index contributed by atoms with van der Waals surface area (Å²) in [6.07, 6.45) is 1.72. The Bertz CT molecular complexity index is 682. The van der Waals surface area contributed by atoms with Crippen molar-refractivity contribution < 1.29 is 14.3 Å². The second-order valence-corrected chi connectivity index (χ2v) is 5.82. The predicted molar refractivity (Wildman–Crippen MR) is 95.7 cm³/mol. The van der Waals surface area contributed by atoms with Gasteiger partial charge in [0.25, 0.3) is 5.91 Å². The summed E-state index contributed by atoms with van der Waals surface area (Å²) in [6.45, 7) is 4.67. The van der Waals surface area contributed by atoms with Gasteiger partial charge in [-0.3, -0.25) is 4.79 Å². The molecule has 0 aromatic heterocycles. The van der Waals surface area contributed by atoms with Gasteiger partial charge < -0.3 is 14.8 Å². The normalized spacial score (nSPS) is 10.3. The number of benzene rings is 2. The largest absolute Gasteiger partial charge is 0.496 e. The summed E-state index contributed by atoms with van der Waals surface area (Å²) in [5, 5.41) is 2.89. The minimum absolute atomic E-state index is 0.0402. The van der Waals surface area contributed by atoms with Crippen molar-refractivity contribution in [2.75, 3.05) is 20.3 Å². The lowest BCUT2D eigenvalue weighted by Gasteiger charge is -2.11. The third-order valence-electron chi connectivity index (χ3n) is 3.83. The summed E-state index contributed by atoms with van der Waals surface area (Å²) < 4.78 is 10.9. The first-order valence-corrected chi connectivity index (χ1v) is 8.19. The van der Waals surface area contributed by atoms with Gasteiger partial charge in [0.2, 0.25) is 0 Å². The highest BCUT2D eigenvalue weighted by atomic mass is 16.5. The molecule has 0 spiro atoms. The molecule has 0 radical (unpaired) electrons. The maximum Gasteiger partial charge on any atom is 0.257 e. The quantitative estimate of drug-likeness (QED) is 0.756. The number of para-hydroxylation sites is 1. The van der Waals surface area contributed by atoms with Crippen LogP contribution in [0.15, 0.2) is 42.5 Å². The van der Waals surface area contributed by atoms with E-state index in [1.807, 2.05) is 56.3 Å². The predicted octanol–water partition coefficient (Wildman–Crippen LogP) is 3.44. The average molecular weight is 327 g/mol. The standard InChI is InChI=1S/C20H25NO3/c1-15-10-11-18(16(2)13-15)24-14-20(22)21-12-6-8-17-7-4-5-9-19(17)23-3/h4-5,7,9-11,13H,6,8,12,14H2,1-3H3,(H,21,22). The zero-order chi connectivity index (χ0) is 17.4. The van der Waals surface area contributed by atoms with E-state index in [1.54, 1.807) is 7.11 Å². The van der Waals surface area contributed by atoms with Gasteiger partial charge in [0.1, 0.15) is 11.5 Å². The topological polar surface area (TPSA) is 47.6 Å². The molecule has 2 rings (SSSR count). The number of rotatable bonds is 8. The van der Waals surface area contributed by atoms with E-state index in [-0.39, 0.29) is 12.5 Å². The molecule has 1 N–H and O–H groups in total. The first-order valence-electron chi connectivity index (χ1n) is 8.19. The summed E-state index contributed by atoms with van der Waals surface area (Å²) in [5.41, 5.74) is 3.38. The number of carbonyl (C=O) groups is 1. The Balaban J connectivity index is 1.70. The van der Waals surface area contributed by atoms with Crippen LogP contribution in [0.25, 0.3) is 0 Å². The molecule has 0 saturated carbocycles. The summed E-state index contributed by atoms with van der Waals surface area (Å²) >= 11 is 0. The van der Waals surface area contributed by atoms with Gasteiger partial charge in [-0.05, 0) is 49.9 Å². The van der Waals surface area contributed by atoms with Crippen LogP contribution in [0.4, 0.5) is 0 Å². The molecule has 0 fully saturated rings. The lowest BCUT2D eigenvalue weighted by atomic mass is 10.1. The summed E-state index contributed by atoms with van der Waals surface area (Å²) in [4.78, 5) is 11.9. The zero-order valence-electron chi connectivity index (χ0n) is 14.6. The van der Waals surface area contributed by atoms with Crippen LogP contribution in [0.1, 0.15) is 23.1 Å². The number of nitrogens with one attached hydrogen (secondary N) is 1. The molecule has 24 heavy (non-hydrogen) atoms. The molecule has 128 valence electrons. The molecule has 4 heteroatoms. The minimum atomic E-state index is -0.102. The van der Waals surface area contributed by atoms with E-state index in [9.17, 15) is 4.79 Å². The number of hydrogen-bond donors (Lipinski definition) is 1. The number of carbonyl (C=O) groups excluding carboxylic acids is 1. The van der Waals surface area contributed by atoms with Crippen molar-refractivity contribution in [2.45, 2.75) is 26.7 Å². The Hall–Kier alpha value is -2.49. The lowest BCUT2D eigenvalue weighted by molar-refractivity contribution is -0.123.